The van der Waals surface area contributed by atoms with Gasteiger partial charge in [0.25, 0.3) is 5.60 Å². The Hall–Kier alpha value is -2.00. The Kier molecular flexibility index (Phi) is 5.26. The Morgan fingerprint density at radius 2 is 1.93 bits per heavy atom. The van der Waals surface area contributed by atoms with E-state index in [0.717, 1.165) is 0 Å². The summed E-state index contributed by atoms with van der Waals surface area (Å²) in [5, 5.41) is 9.87. The molecule has 0 spiro atoms. The second-order valence-electron chi connectivity index (χ2n) is 6.25. The van der Waals surface area contributed by atoms with Crippen molar-refractivity contribution in [2.45, 2.75) is 31.5 Å². The van der Waals surface area contributed by atoms with Gasteiger partial charge in [0, 0.05) is 9.87 Å². The van der Waals surface area contributed by atoms with Gasteiger partial charge in [-0.2, -0.15) is 13.2 Å². The fourth-order valence-corrected chi connectivity index (χ4v) is 3.93. The molecule has 0 radical (unpaired) electrons. The van der Waals surface area contributed by atoms with E-state index in [2.05, 4.69) is 20.7 Å². The van der Waals surface area contributed by atoms with Crippen molar-refractivity contribution in [2.24, 2.45) is 0 Å². The first kappa shape index (κ1) is 20.7. The highest BCUT2D eigenvalue weighted by atomic mass is 79.9. The second kappa shape index (κ2) is 7.11. The van der Waals surface area contributed by atoms with Crippen molar-refractivity contribution in [2.75, 3.05) is 6.61 Å². The maximum atomic E-state index is 15.1. The molecule has 3 rings (SSSR count). The third-order valence-corrected chi connectivity index (χ3v) is 5.39. The summed E-state index contributed by atoms with van der Waals surface area (Å²) in [6.07, 6.45) is -2.82. The van der Waals surface area contributed by atoms with Gasteiger partial charge in [-0.1, -0.05) is 34.1 Å². The number of aryl methyl sites for hydroxylation is 1. The van der Waals surface area contributed by atoms with E-state index in [-0.39, 0.29) is 10.8 Å². The van der Waals surface area contributed by atoms with Crippen molar-refractivity contribution in [1.82, 2.24) is 0 Å². The highest BCUT2D eigenvalue weighted by molar-refractivity contribution is 9.15. The lowest BCUT2D eigenvalue weighted by Crippen LogP contribution is -2.51. The van der Waals surface area contributed by atoms with Gasteiger partial charge < -0.3 is 9.84 Å². The van der Waals surface area contributed by atoms with Gasteiger partial charge in [0.1, 0.15) is 11.6 Å². The minimum Gasteiger partial charge on any atom is -0.463 e. The van der Waals surface area contributed by atoms with Crippen LogP contribution in [0.2, 0.25) is 0 Å². The van der Waals surface area contributed by atoms with Crippen molar-refractivity contribution < 1.29 is 36.6 Å². The second-order valence-corrected chi connectivity index (χ2v) is 7.11. The maximum absolute atomic E-state index is 15.1. The van der Waals surface area contributed by atoms with Crippen LogP contribution in [0.1, 0.15) is 30.0 Å². The summed E-state index contributed by atoms with van der Waals surface area (Å²) in [7, 11) is 0. The quantitative estimate of drug-likeness (QED) is 0.506. The Balaban J connectivity index is 2.35. The van der Waals surface area contributed by atoms with E-state index in [0.29, 0.717) is 34.5 Å². The van der Waals surface area contributed by atoms with Crippen LogP contribution in [0.4, 0.5) is 22.0 Å². The number of fused-ring (bicyclic) bond motifs is 3. The third kappa shape index (κ3) is 3.00. The van der Waals surface area contributed by atoms with Crippen molar-refractivity contribution in [1.29, 1.82) is 0 Å². The molecular weight excluding hydrogens is 451 g/mol. The summed E-state index contributed by atoms with van der Waals surface area (Å²) in [5.41, 5.74) is -5.04. The van der Waals surface area contributed by atoms with Gasteiger partial charge in [-0.3, -0.25) is 0 Å². The van der Waals surface area contributed by atoms with Crippen molar-refractivity contribution in [3.05, 3.63) is 52.6 Å². The lowest BCUT2D eigenvalue weighted by Gasteiger charge is -2.29. The zero-order chi connectivity index (χ0) is 20.9. The molecule has 2 aromatic carbocycles. The molecule has 1 atom stereocenters. The standard InChI is InChI=1S/C19H14BrF5O3/c1-2-28-17(26)18(27,19(23,24)25)15-14(21)8-12-9-4-3-5-13(20)10(9)6-7-11(12)16(15)22/h5-8,27H,2-4H2,1H3. The van der Waals surface area contributed by atoms with Crippen LogP contribution < -0.4 is 0 Å². The minimum atomic E-state index is -5.70. The van der Waals surface area contributed by atoms with E-state index < -0.39 is 41.6 Å². The maximum Gasteiger partial charge on any atom is 0.432 e. The molecule has 0 bridgehead atoms. The molecule has 28 heavy (non-hydrogen) atoms. The summed E-state index contributed by atoms with van der Waals surface area (Å²) in [6.45, 7) is 0.696. The van der Waals surface area contributed by atoms with E-state index in [1.165, 1.54) is 19.1 Å². The average molecular weight is 465 g/mol. The highest BCUT2D eigenvalue weighted by Gasteiger charge is 2.64. The SMILES string of the molecule is CCOC(=O)C(O)(c1c(F)cc2c3c(ccc2c1F)C(Br)=CCC3)C(F)(F)F. The Morgan fingerprint density at radius 1 is 1.25 bits per heavy atom. The zero-order valence-electron chi connectivity index (χ0n) is 14.5. The number of allylic oxidation sites excluding steroid dienone is 1. The summed E-state index contributed by atoms with van der Waals surface area (Å²) < 4.78 is 75.4. The van der Waals surface area contributed by atoms with Crippen molar-refractivity contribution in [3.8, 4) is 0 Å². The van der Waals surface area contributed by atoms with Gasteiger partial charge in [0.15, 0.2) is 0 Å². The molecule has 0 saturated carbocycles. The van der Waals surface area contributed by atoms with E-state index in [1.807, 2.05) is 6.08 Å². The van der Waals surface area contributed by atoms with Gasteiger partial charge in [-0.05, 0) is 42.3 Å². The Bertz CT molecular complexity index is 999. The summed E-state index contributed by atoms with van der Waals surface area (Å²) in [5.74, 6) is -5.53. The van der Waals surface area contributed by atoms with Crippen LogP contribution in [0, 0.1) is 11.6 Å². The molecule has 0 amide bonds. The number of rotatable bonds is 3. The highest BCUT2D eigenvalue weighted by Crippen LogP contribution is 2.45. The average Bonchev–Trinajstić information content (AvgIpc) is 2.61. The Morgan fingerprint density at radius 3 is 2.54 bits per heavy atom. The molecule has 150 valence electrons. The molecule has 2 aromatic rings. The van der Waals surface area contributed by atoms with E-state index >= 15 is 4.39 Å². The zero-order valence-corrected chi connectivity index (χ0v) is 16.0. The molecule has 0 aromatic heterocycles. The minimum absolute atomic E-state index is 0.0784. The number of benzene rings is 2. The molecule has 1 unspecified atom stereocenters. The fraction of sp³-hybridized carbons (Fsp3) is 0.316. The number of aliphatic hydroxyl groups is 1. The van der Waals surface area contributed by atoms with Gasteiger partial charge >= 0.3 is 12.1 Å². The largest absolute Gasteiger partial charge is 0.463 e. The van der Waals surface area contributed by atoms with Crippen LogP contribution in [0.15, 0.2) is 24.3 Å². The van der Waals surface area contributed by atoms with Gasteiger partial charge in [0.2, 0.25) is 0 Å². The monoisotopic (exact) mass is 464 g/mol. The number of carbonyl (C=O) groups is 1. The van der Waals surface area contributed by atoms with Crippen LogP contribution >= 0.6 is 15.9 Å². The predicted molar refractivity (Wildman–Crippen MR) is 95.7 cm³/mol. The van der Waals surface area contributed by atoms with E-state index in [1.54, 1.807) is 0 Å². The molecular formula is C19H14BrF5O3. The number of esters is 1. The van der Waals surface area contributed by atoms with E-state index in [4.69, 9.17) is 0 Å². The molecule has 1 N–H and O–H groups in total. The number of halogens is 6. The topological polar surface area (TPSA) is 46.5 Å². The van der Waals surface area contributed by atoms with Crippen molar-refractivity contribution in [3.63, 3.8) is 0 Å². The predicted octanol–water partition coefficient (Wildman–Crippen LogP) is 5.11. The molecule has 0 aliphatic heterocycles. The number of hydrogen-bond acceptors (Lipinski definition) is 3. The van der Waals surface area contributed by atoms with Gasteiger partial charge in [0.05, 0.1) is 12.2 Å². The lowest BCUT2D eigenvalue weighted by atomic mass is 9.86. The van der Waals surface area contributed by atoms with Crippen LogP contribution in [-0.4, -0.2) is 23.9 Å². The number of ether oxygens (including phenoxy) is 1. The molecule has 0 fully saturated rings. The number of carbonyl (C=O) groups excluding carboxylic acids is 1. The van der Waals surface area contributed by atoms with Crippen LogP contribution in [0.3, 0.4) is 0 Å². The molecule has 3 nitrogen and oxygen atoms in total. The van der Waals surface area contributed by atoms with Crippen LogP contribution in [0.5, 0.6) is 0 Å². The third-order valence-electron chi connectivity index (χ3n) is 4.64. The number of alkyl halides is 3. The van der Waals surface area contributed by atoms with Gasteiger partial charge in [-0.15, -0.1) is 0 Å². The first-order valence-corrected chi connectivity index (χ1v) is 9.09. The summed E-state index contributed by atoms with van der Waals surface area (Å²) in [6, 6.07) is 3.39. The lowest BCUT2D eigenvalue weighted by molar-refractivity contribution is -0.269. The first-order valence-electron chi connectivity index (χ1n) is 8.30. The molecule has 1 aliphatic rings. The molecule has 9 heteroatoms. The summed E-state index contributed by atoms with van der Waals surface area (Å²) >= 11 is 3.34. The molecule has 1 aliphatic carbocycles. The fourth-order valence-electron chi connectivity index (χ4n) is 3.33. The normalized spacial score (nSPS) is 16.4. The summed E-state index contributed by atoms with van der Waals surface area (Å²) in [4.78, 5) is 11.9. The van der Waals surface area contributed by atoms with Gasteiger partial charge in [-0.25, -0.2) is 13.6 Å². The van der Waals surface area contributed by atoms with Crippen molar-refractivity contribution >= 4 is 37.2 Å². The van der Waals surface area contributed by atoms with E-state index in [9.17, 15) is 27.5 Å². The first-order chi connectivity index (χ1) is 13.0. The number of hydrogen-bond donors (Lipinski definition) is 1. The Labute approximate surface area is 164 Å². The molecule has 0 saturated heterocycles. The molecule has 0 heterocycles. The van der Waals surface area contributed by atoms with Crippen LogP contribution in [0.25, 0.3) is 15.3 Å². The smallest absolute Gasteiger partial charge is 0.432 e. The van der Waals surface area contributed by atoms with Crippen LogP contribution in [-0.2, 0) is 21.6 Å².